The van der Waals surface area contributed by atoms with E-state index in [4.69, 9.17) is 0 Å². The highest BCUT2D eigenvalue weighted by molar-refractivity contribution is 6.32. The molecule has 6 heteroatoms. The van der Waals surface area contributed by atoms with E-state index in [0.29, 0.717) is 12.5 Å². The van der Waals surface area contributed by atoms with Crippen LogP contribution in [0.25, 0.3) is 0 Å². The number of ether oxygens (including phenoxy) is 1. The number of amides is 2. The van der Waals surface area contributed by atoms with Crippen molar-refractivity contribution in [2.24, 2.45) is 5.92 Å². The highest BCUT2D eigenvalue weighted by Crippen LogP contribution is 1.86. The Hall–Kier alpha value is -1.59. The maximum Gasteiger partial charge on any atom is 0.396 e. The number of carbonyl (C=O) groups excluding carboxylic acids is 3. The van der Waals surface area contributed by atoms with E-state index in [1.165, 1.54) is 0 Å². The molecular weight excluding hydrogens is 212 g/mol. The summed E-state index contributed by atoms with van der Waals surface area (Å²) < 4.78 is 4.45. The van der Waals surface area contributed by atoms with Gasteiger partial charge in [-0.25, -0.2) is 4.79 Å². The topological polar surface area (TPSA) is 84.5 Å². The molecule has 92 valence electrons. The summed E-state index contributed by atoms with van der Waals surface area (Å²) in [4.78, 5) is 33.0. The first-order chi connectivity index (χ1) is 7.47. The van der Waals surface area contributed by atoms with E-state index in [9.17, 15) is 14.4 Å². The van der Waals surface area contributed by atoms with Crippen LogP contribution in [-0.4, -0.2) is 37.5 Å². The van der Waals surface area contributed by atoms with E-state index >= 15 is 0 Å². The Balaban J connectivity index is 3.75. The summed E-state index contributed by atoms with van der Waals surface area (Å²) in [5.74, 6) is -1.86. The molecule has 0 saturated heterocycles. The average Bonchev–Trinajstić information content (AvgIpc) is 2.23. The number of esters is 1. The Morgan fingerprint density at radius 1 is 1.19 bits per heavy atom. The molecule has 0 aliphatic rings. The predicted molar refractivity (Wildman–Crippen MR) is 57.5 cm³/mol. The predicted octanol–water partition coefficient (Wildman–Crippen LogP) is -0.562. The summed E-state index contributed by atoms with van der Waals surface area (Å²) in [5.41, 5.74) is 0. The molecule has 0 bridgehead atoms. The number of rotatable bonds is 5. The van der Waals surface area contributed by atoms with Crippen LogP contribution in [0.4, 0.5) is 0 Å². The van der Waals surface area contributed by atoms with Crippen molar-refractivity contribution < 1.29 is 19.1 Å². The standard InChI is InChI=1S/C10H18N2O4/c1-4-16-10(15)9(14)12-6-8(13)11-5-7(2)3/h7H,4-6H2,1-3H3,(H,11,13)(H,12,14). The first-order valence-electron chi connectivity index (χ1n) is 5.19. The van der Waals surface area contributed by atoms with Crippen LogP contribution < -0.4 is 10.6 Å². The maximum absolute atomic E-state index is 11.2. The van der Waals surface area contributed by atoms with Gasteiger partial charge >= 0.3 is 11.9 Å². The molecule has 2 amide bonds. The molecule has 0 aliphatic heterocycles. The van der Waals surface area contributed by atoms with E-state index in [1.807, 2.05) is 13.8 Å². The lowest BCUT2D eigenvalue weighted by molar-refractivity contribution is -0.154. The Morgan fingerprint density at radius 2 is 1.81 bits per heavy atom. The molecular formula is C10H18N2O4. The molecule has 0 heterocycles. The second-order valence-corrected chi connectivity index (χ2v) is 3.60. The SMILES string of the molecule is CCOC(=O)C(=O)NCC(=O)NCC(C)C. The van der Waals surface area contributed by atoms with E-state index in [2.05, 4.69) is 15.4 Å². The van der Waals surface area contributed by atoms with Gasteiger partial charge in [-0.1, -0.05) is 13.8 Å². The van der Waals surface area contributed by atoms with Crippen molar-refractivity contribution in [2.45, 2.75) is 20.8 Å². The summed E-state index contributed by atoms with van der Waals surface area (Å²) in [5, 5.41) is 4.77. The molecule has 0 aromatic heterocycles. The van der Waals surface area contributed by atoms with Gasteiger partial charge in [0.1, 0.15) is 0 Å². The smallest absolute Gasteiger partial charge is 0.396 e. The van der Waals surface area contributed by atoms with Crippen molar-refractivity contribution in [1.82, 2.24) is 10.6 Å². The van der Waals surface area contributed by atoms with Crippen LogP contribution in [0.3, 0.4) is 0 Å². The third-order valence-electron chi connectivity index (χ3n) is 1.58. The first kappa shape index (κ1) is 14.4. The number of nitrogens with one attached hydrogen (secondary N) is 2. The molecule has 2 N–H and O–H groups in total. The molecule has 0 atom stereocenters. The minimum atomic E-state index is -0.973. The van der Waals surface area contributed by atoms with Crippen LogP contribution in [0.5, 0.6) is 0 Å². The fraction of sp³-hybridized carbons (Fsp3) is 0.700. The van der Waals surface area contributed by atoms with Gasteiger partial charge in [-0.3, -0.25) is 9.59 Å². The molecule has 0 aromatic carbocycles. The van der Waals surface area contributed by atoms with Gasteiger partial charge in [0.25, 0.3) is 0 Å². The Bertz CT molecular complexity index is 264. The number of hydrogen-bond acceptors (Lipinski definition) is 4. The second kappa shape index (κ2) is 7.67. The lowest BCUT2D eigenvalue weighted by Gasteiger charge is -2.08. The molecule has 0 saturated carbocycles. The van der Waals surface area contributed by atoms with Gasteiger partial charge in [-0.15, -0.1) is 0 Å². The van der Waals surface area contributed by atoms with Crippen LogP contribution in [-0.2, 0) is 19.1 Å². The highest BCUT2D eigenvalue weighted by Gasteiger charge is 2.15. The van der Waals surface area contributed by atoms with Gasteiger partial charge in [-0.05, 0) is 12.8 Å². The molecule has 0 aromatic rings. The van der Waals surface area contributed by atoms with Crippen LogP contribution in [0.15, 0.2) is 0 Å². The van der Waals surface area contributed by atoms with E-state index in [1.54, 1.807) is 6.92 Å². The zero-order chi connectivity index (χ0) is 12.6. The van der Waals surface area contributed by atoms with Crippen molar-refractivity contribution in [3.63, 3.8) is 0 Å². The fourth-order valence-corrected chi connectivity index (χ4v) is 0.810. The highest BCUT2D eigenvalue weighted by atomic mass is 16.5. The Kier molecular flexibility index (Phi) is 6.91. The molecule has 0 rings (SSSR count). The first-order valence-corrected chi connectivity index (χ1v) is 5.19. The number of hydrogen-bond donors (Lipinski definition) is 2. The quantitative estimate of drug-likeness (QED) is 0.489. The van der Waals surface area contributed by atoms with E-state index < -0.39 is 11.9 Å². The van der Waals surface area contributed by atoms with Crippen molar-refractivity contribution in [3.05, 3.63) is 0 Å². The largest absolute Gasteiger partial charge is 0.459 e. The zero-order valence-corrected chi connectivity index (χ0v) is 9.83. The minimum Gasteiger partial charge on any atom is -0.459 e. The van der Waals surface area contributed by atoms with Gasteiger partial charge in [-0.2, -0.15) is 0 Å². The lowest BCUT2D eigenvalue weighted by Crippen LogP contribution is -2.41. The number of carbonyl (C=O) groups is 3. The van der Waals surface area contributed by atoms with Crippen molar-refractivity contribution >= 4 is 17.8 Å². The minimum absolute atomic E-state index is 0.131. The van der Waals surface area contributed by atoms with Crippen LogP contribution in [0.2, 0.25) is 0 Å². The fourth-order valence-electron chi connectivity index (χ4n) is 0.810. The Labute approximate surface area is 94.7 Å². The Morgan fingerprint density at radius 3 is 2.31 bits per heavy atom. The monoisotopic (exact) mass is 230 g/mol. The van der Waals surface area contributed by atoms with Gasteiger partial charge in [0.05, 0.1) is 13.2 Å². The van der Waals surface area contributed by atoms with Crippen LogP contribution in [0, 0.1) is 5.92 Å². The van der Waals surface area contributed by atoms with Crippen LogP contribution in [0.1, 0.15) is 20.8 Å². The van der Waals surface area contributed by atoms with Gasteiger partial charge < -0.3 is 15.4 Å². The molecule has 0 radical (unpaired) electrons. The maximum atomic E-state index is 11.2. The van der Waals surface area contributed by atoms with Gasteiger partial charge in [0.15, 0.2) is 0 Å². The summed E-state index contributed by atoms with van der Waals surface area (Å²) >= 11 is 0. The second-order valence-electron chi connectivity index (χ2n) is 3.60. The molecule has 6 nitrogen and oxygen atoms in total. The van der Waals surface area contributed by atoms with Gasteiger partial charge in [0.2, 0.25) is 5.91 Å². The summed E-state index contributed by atoms with van der Waals surface area (Å²) in [6.07, 6.45) is 0. The van der Waals surface area contributed by atoms with Crippen LogP contribution >= 0.6 is 0 Å². The molecule has 16 heavy (non-hydrogen) atoms. The molecule has 0 spiro atoms. The van der Waals surface area contributed by atoms with E-state index in [-0.39, 0.29) is 19.1 Å². The summed E-state index contributed by atoms with van der Waals surface area (Å²) in [7, 11) is 0. The van der Waals surface area contributed by atoms with Gasteiger partial charge in [0, 0.05) is 6.54 Å². The summed E-state index contributed by atoms with van der Waals surface area (Å²) in [6.45, 7) is 5.96. The van der Waals surface area contributed by atoms with E-state index in [0.717, 1.165) is 0 Å². The third-order valence-corrected chi connectivity index (χ3v) is 1.58. The molecule has 0 unspecified atom stereocenters. The summed E-state index contributed by atoms with van der Waals surface area (Å²) in [6, 6.07) is 0. The third kappa shape index (κ3) is 6.80. The average molecular weight is 230 g/mol. The van der Waals surface area contributed by atoms with Crippen molar-refractivity contribution in [2.75, 3.05) is 19.7 Å². The molecule has 0 aliphatic carbocycles. The lowest BCUT2D eigenvalue weighted by atomic mass is 10.2. The normalized spacial score (nSPS) is 9.75. The molecule has 0 fully saturated rings. The van der Waals surface area contributed by atoms with Crippen molar-refractivity contribution in [1.29, 1.82) is 0 Å². The zero-order valence-electron chi connectivity index (χ0n) is 9.83. The van der Waals surface area contributed by atoms with Crippen molar-refractivity contribution in [3.8, 4) is 0 Å².